The summed E-state index contributed by atoms with van der Waals surface area (Å²) in [7, 11) is 0. The minimum atomic E-state index is -0.802. The molecule has 1 unspecified atom stereocenters. The number of likely N-dealkylation sites (tertiary alicyclic amines) is 1. The first-order chi connectivity index (χ1) is 10.0. The van der Waals surface area contributed by atoms with Crippen LogP contribution in [0.15, 0.2) is 30.3 Å². The molecule has 0 bridgehead atoms. The van der Waals surface area contributed by atoms with Crippen molar-refractivity contribution >= 4 is 11.9 Å². The first-order valence-corrected chi connectivity index (χ1v) is 7.63. The SMILES string of the molecule is CCC(CC)(C(=O)N1CCC(C(=O)O)C1)c1ccccc1. The van der Waals surface area contributed by atoms with Crippen LogP contribution in [-0.4, -0.2) is 35.0 Å². The van der Waals surface area contributed by atoms with Crippen LogP contribution in [0.5, 0.6) is 0 Å². The van der Waals surface area contributed by atoms with Gasteiger partial charge in [0.15, 0.2) is 0 Å². The predicted octanol–water partition coefficient (Wildman–Crippen LogP) is 2.68. The Morgan fingerprint density at radius 2 is 1.86 bits per heavy atom. The van der Waals surface area contributed by atoms with Crippen LogP contribution in [0.1, 0.15) is 38.7 Å². The van der Waals surface area contributed by atoms with Gasteiger partial charge in [-0.3, -0.25) is 9.59 Å². The fourth-order valence-electron chi connectivity index (χ4n) is 3.29. The Morgan fingerprint density at radius 3 is 2.33 bits per heavy atom. The average molecular weight is 289 g/mol. The Hall–Kier alpha value is -1.84. The van der Waals surface area contributed by atoms with E-state index in [9.17, 15) is 9.59 Å². The number of rotatable bonds is 5. The van der Waals surface area contributed by atoms with Crippen LogP contribution in [0.4, 0.5) is 0 Å². The van der Waals surface area contributed by atoms with Gasteiger partial charge in [0, 0.05) is 13.1 Å². The number of benzene rings is 1. The van der Waals surface area contributed by atoms with Crippen LogP contribution in [0.2, 0.25) is 0 Å². The second kappa shape index (κ2) is 6.29. The van der Waals surface area contributed by atoms with E-state index in [1.165, 1.54) is 0 Å². The fourth-order valence-corrected chi connectivity index (χ4v) is 3.29. The van der Waals surface area contributed by atoms with Gasteiger partial charge in [0.25, 0.3) is 0 Å². The van der Waals surface area contributed by atoms with Gasteiger partial charge >= 0.3 is 5.97 Å². The molecular weight excluding hydrogens is 266 g/mol. The maximum Gasteiger partial charge on any atom is 0.308 e. The summed E-state index contributed by atoms with van der Waals surface area (Å²) in [4.78, 5) is 25.9. The van der Waals surface area contributed by atoms with Gasteiger partial charge in [-0.25, -0.2) is 0 Å². The lowest BCUT2D eigenvalue weighted by atomic mass is 9.74. The Morgan fingerprint density at radius 1 is 1.24 bits per heavy atom. The highest BCUT2D eigenvalue weighted by Crippen LogP contribution is 2.35. The highest BCUT2D eigenvalue weighted by atomic mass is 16.4. The van der Waals surface area contributed by atoms with Crippen molar-refractivity contribution in [2.24, 2.45) is 5.92 Å². The van der Waals surface area contributed by atoms with E-state index in [2.05, 4.69) is 0 Å². The van der Waals surface area contributed by atoms with Crippen LogP contribution in [0.3, 0.4) is 0 Å². The Bertz CT molecular complexity index is 508. The third-order valence-corrected chi connectivity index (χ3v) is 4.77. The van der Waals surface area contributed by atoms with E-state index in [4.69, 9.17) is 5.11 Å². The number of aliphatic carboxylic acids is 1. The minimum absolute atomic E-state index is 0.0717. The summed E-state index contributed by atoms with van der Waals surface area (Å²) >= 11 is 0. The van der Waals surface area contributed by atoms with Gasteiger partial charge in [0.2, 0.25) is 5.91 Å². The molecule has 1 aliphatic rings. The van der Waals surface area contributed by atoms with Gasteiger partial charge in [-0.1, -0.05) is 44.2 Å². The van der Waals surface area contributed by atoms with Crippen molar-refractivity contribution in [3.05, 3.63) is 35.9 Å². The van der Waals surface area contributed by atoms with E-state index in [0.29, 0.717) is 19.5 Å². The maximum absolute atomic E-state index is 13.0. The summed E-state index contributed by atoms with van der Waals surface area (Å²) in [5.74, 6) is -1.15. The smallest absolute Gasteiger partial charge is 0.308 e. The molecule has 2 rings (SSSR count). The molecule has 1 amide bonds. The third-order valence-electron chi connectivity index (χ3n) is 4.77. The van der Waals surface area contributed by atoms with Crippen molar-refractivity contribution < 1.29 is 14.7 Å². The molecule has 1 N–H and O–H groups in total. The minimum Gasteiger partial charge on any atom is -0.481 e. The molecule has 1 heterocycles. The number of hydrogen-bond donors (Lipinski definition) is 1. The van der Waals surface area contributed by atoms with Crippen LogP contribution in [0, 0.1) is 5.92 Å². The van der Waals surface area contributed by atoms with Crippen molar-refractivity contribution in [2.75, 3.05) is 13.1 Å². The first-order valence-electron chi connectivity index (χ1n) is 7.63. The topological polar surface area (TPSA) is 57.6 Å². The van der Waals surface area contributed by atoms with E-state index in [-0.39, 0.29) is 5.91 Å². The first kappa shape index (κ1) is 15.5. The highest BCUT2D eigenvalue weighted by molar-refractivity contribution is 5.89. The Kier molecular flexibility index (Phi) is 4.66. The molecular formula is C17H23NO3. The fraction of sp³-hybridized carbons (Fsp3) is 0.529. The monoisotopic (exact) mass is 289 g/mol. The predicted molar refractivity (Wildman–Crippen MR) is 81.0 cm³/mol. The lowest BCUT2D eigenvalue weighted by Crippen LogP contribution is -2.45. The molecule has 4 nitrogen and oxygen atoms in total. The average Bonchev–Trinajstić information content (AvgIpc) is 3.00. The van der Waals surface area contributed by atoms with Gasteiger partial charge in [0.05, 0.1) is 11.3 Å². The molecule has 0 aliphatic carbocycles. The molecule has 1 aliphatic heterocycles. The van der Waals surface area contributed by atoms with Crippen molar-refractivity contribution in [1.82, 2.24) is 4.90 Å². The summed E-state index contributed by atoms with van der Waals surface area (Å²) in [6.07, 6.45) is 2.00. The molecule has 1 aromatic carbocycles. The zero-order chi connectivity index (χ0) is 15.5. The van der Waals surface area contributed by atoms with Crippen molar-refractivity contribution in [2.45, 2.75) is 38.5 Å². The summed E-state index contributed by atoms with van der Waals surface area (Å²) in [6.45, 7) is 4.94. The zero-order valence-electron chi connectivity index (χ0n) is 12.7. The summed E-state index contributed by atoms with van der Waals surface area (Å²) < 4.78 is 0. The van der Waals surface area contributed by atoms with E-state index in [1.807, 2.05) is 44.2 Å². The van der Waals surface area contributed by atoms with Gasteiger partial charge in [-0.2, -0.15) is 0 Å². The normalized spacial score (nSPS) is 18.8. The number of carboxylic acid groups (broad SMARTS) is 1. The van der Waals surface area contributed by atoms with Crippen LogP contribution >= 0.6 is 0 Å². The van der Waals surface area contributed by atoms with Crippen molar-refractivity contribution in [3.63, 3.8) is 0 Å². The Balaban J connectivity index is 2.27. The molecule has 0 aromatic heterocycles. The third kappa shape index (κ3) is 2.80. The molecule has 0 radical (unpaired) electrons. The number of carbonyl (C=O) groups excluding carboxylic acids is 1. The van der Waals surface area contributed by atoms with Crippen LogP contribution in [-0.2, 0) is 15.0 Å². The van der Waals surface area contributed by atoms with Crippen LogP contribution in [0.25, 0.3) is 0 Å². The Labute approximate surface area is 125 Å². The standard InChI is InChI=1S/C17H23NO3/c1-3-17(4-2,14-8-6-5-7-9-14)16(21)18-11-10-13(12-18)15(19)20/h5-9,13H,3-4,10-12H2,1-2H3,(H,19,20). The van der Waals surface area contributed by atoms with E-state index in [1.54, 1.807) is 4.90 Å². The summed E-state index contributed by atoms with van der Waals surface area (Å²) in [6, 6.07) is 9.84. The zero-order valence-corrected chi connectivity index (χ0v) is 12.7. The number of carbonyl (C=O) groups is 2. The molecule has 1 atom stereocenters. The number of amides is 1. The van der Waals surface area contributed by atoms with Gasteiger partial charge in [-0.15, -0.1) is 0 Å². The molecule has 1 fully saturated rings. The quantitative estimate of drug-likeness (QED) is 0.906. The molecule has 1 aromatic rings. The lowest BCUT2D eigenvalue weighted by molar-refractivity contribution is -0.142. The second-order valence-corrected chi connectivity index (χ2v) is 5.73. The number of hydrogen-bond acceptors (Lipinski definition) is 2. The molecule has 114 valence electrons. The van der Waals surface area contributed by atoms with E-state index in [0.717, 1.165) is 18.4 Å². The van der Waals surface area contributed by atoms with Gasteiger partial charge in [-0.05, 0) is 24.8 Å². The van der Waals surface area contributed by atoms with Crippen molar-refractivity contribution in [1.29, 1.82) is 0 Å². The molecule has 21 heavy (non-hydrogen) atoms. The highest BCUT2D eigenvalue weighted by Gasteiger charge is 2.42. The summed E-state index contributed by atoms with van der Waals surface area (Å²) in [5.41, 5.74) is 0.494. The van der Waals surface area contributed by atoms with Crippen LogP contribution < -0.4 is 0 Å². The largest absolute Gasteiger partial charge is 0.481 e. The van der Waals surface area contributed by atoms with Gasteiger partial charge < -0.3 is 10.0 Å². The lowest BCUT2D eigenvalue weighted by Gasteiger charge is -2.35. The van der Waals surface area contributed by atoms with Crippen molar-refractivity contribution in [3.8, 4) is 0 Å². The van der Waals surface area contributed by atoms with Gasteiger partial charge in [0.1, 0.15) is 0 Å². The molecule has 0 spiro atoms. The number of nitrogens with zero attached hydrogens (tertiary/aromatic N) is 1. The molecule has 0 saturated carbocycles. The second-order valence-electron chi connectivity index (χ2n) is 5.73. The number of carboxylic acids is 1. The maximum atomic E-state index is 13.0. The molecule has 1 saturated heterocycles. The van der Waals surface area contributed by atoms with E-state index >= 15 is 0 Å². The summed E-state index contributed by atoms with van der Waals surface area (Å²) in [5, 5.41) is 9.11. The molecule has 4 heteroatoms. The van der Waals surface area contributed by atoms with E-state index < -0.39 is 17.3 Å².